The summed E-state index contributed by atoms with van der Waals surface area (Å²) >= 11 is 0. The first-order valence-corrected chi connectivity index (χ1v) is 6.54. The van der Waals surface area contributed by atoms with Crippen LogP contribution in [0.3, 0.4) is 0 Å². The summed E-state index contributed by atoms with van der Waals surface area (Å²) in [7, 11) is 0. The van der Waals surface area contributed by atoms with Crippen LogP contribution in [0.4, 0.5) is 8.78 Å². The van der Waals surface area contributed by atoms with E-state index in [1.54, 1.807) is 25.1 Å². The molecule has 0 heterocycles. The maximum Gasteiger partial charge on any atom is 0.134 e. The first-order valence-electron chi connectivity index (χ1n) is 6.54. The number of halogens is 2. The summed E-state index contributed by atoms with van der Waals surface area (Å²) in [6, 6.07) is 8.96. The van der Waals surface area contributed by atoms with E-state index in [1.807, 2.05) is 6.92 Å². The summed E-state index contributed by atoms with van der Waals surface area (Å²) in [5.41, 5.74) is 1.14. The summed E-state index contributed by atoms with van der Waals surface area (Å²) in [5.74, 6) is 0.334. The quantitative estimate of drug-likeness (QED) is 0.885. The van der Waals surface area contributed by atoms with E-state index in [1.165, 1.54) is 18.2 Å². The molecule has 0 unspecified atom stereocenters. The average molecular weight is 277 g/mol. The predicted octanol–water partition coefficient (Wildman–Crippen LogP) is 4.18. The van der Waals surface area contributed by atoms with E-state index in [4.69, 9.17) is 4.74 Å². The van der Waals surface area contributed by atoms with Crippen LogP contribution in [0.5, 0.6) is 11.5 Å². The van der Waals surface area contributed by atoms with E-state index in [-0.39, 0.29) is 11.6 Å². The number of benzene rings is 2. The summed E-state index contributed by atoms with van der Waals surface area (Å²) < 4.78 is 32.7. The van der Waals surface area contributed by atoms with Crippen LogP contribution < -0.4 is 10.1 Å². The van der Waals surface area contributed by atoms with Gasteiger partial charge in [0.25, 0.3) is 0 Å². The summed E-state index contributed by atoms with van der Waals surface area (Å²) in [6.07, 6.45) is 0. The van der Waals surface area contributed by atoms with Crippen molar-refractivity contribution in [3.63, 3.8) is 0 Å². The molecule has 0 atom stereocenters. The molecule has 1 N–H and O–H groups in total. The van der Waals surface area contributed by atoms with Gasteiger partial charge in [-0.3, -0.25) is 0 Å². The van der Waals surface area contributed by atoms with Gasteiger partial charge in [0, 0.05) is 12.1 Å². The van der Waals surface area contributed by atoms with Crippen molar-refractivity contribution in [2.45, 2.75) is 20.4 Å². The Bertz CT molecular complexity index is 599. The van der Waals surface area contributed by atoms with Gasteiger partial charge in [-0.1, -0.05) is 13.0 Å². The van der Waals surface area contributed by atoms with E-state index in [0.717, 1.165) is 6.54 Å². The fourth-order valence-corrected chi connectivity index (χ4v) is 1.90. The van der Waals surface area contributed by atoms with Crippen LogP contribution in [0.25, 0.3) is 0 Å². The third-order valence-corrected chi connectivity index (χ3v) is 2.98. The molecule has 0 spiro atoms. The minimum absolute atomic E-state index is 0.316. The molecule has 4 heteroatoms. The lowest BCUT2D eigenvalue weighted by molar-refractivity contribution is 0.458. The van der Waals surface area contributed by atoms with Crippen molar-refractivity contribution in [2.75, 3.05) is 6.54 Å². The molecule has 106 valence electrons. The highest BCUT2D eigenvalue weighted by Crippen LogP contribution is 2.29. The van der Waals surface area contributed by atoms with Crippen molar-refractivity contribution in [3.05, 3.63) is 59.2 Å². The normalized spacial score (nSPS) is 10.6. The van der Waals surface area contributed by atoms with Gasteiger partial charge >= 0.3 is 0 Å². The van der Waals surface area contributed by atoms with Crippen LogP contribution in [0.15, 0.2) is 36.4 Å². The second kappa shape index (κ2) is 6.48. The Morgan fingerprint density at radius 3 is 2.60 bits per heavy atom. The fourth-order valence-electron chi connectivity index (χ4n) is 1.90. The zero-order valence-electron chi connectivity index (χ0n) is 11.5. The van der Waals surface area contributed by atoms with Crippen LogP contribution in [0.1, 0.15) is 18.1 Å². The summed E-state index contributed by atoms with van der Waals surface area (Å²) in [5, 5.41) is 3.08. The molecule has 0 amide bonds. The van der Waals surface area contributed by atoms with Crippen LogP contribution in [-0.4, -0.2) is 6.54 Å². The van der Waals surface area contributed by atoms with Crippen LogP contribution >= 0.6 is 0 Å². The Labute approximate surface area is 117 Å². The van der Waals surface area contributed by atoms with Gasteiger partial charge < -0.3 is 10.1 Å². The maximum absolute atomic E-state index is 13.9. The smallest absolute Gasteiger partial charge is 0.134 e. The standard InChI is InChI=1S/C16H17F2NO/c1-3-19-10-13-14(18)5-4-6-16(13)20-15-8-7-12(17)9-11(15)2/h4-9,19H,3,10H2,1-2H3. The van der Waals surface area contributed by atoms with Gasteiger partial charge in [0.15, 0.2) is 0 Å². The Balaban J connectivity index is 2.30. The number of hydrogen-bond acceptors (Lipinski definition) is 2. The molecule has 0 radical (unpaired) electrons. The molecule has 0 saturated carbocycles. The first-order chi connectivity index (χ1) is 9.61. The number of ether oxygens (including phenoxy) is 1. The molecule has 0 aliphatic heterocycles. The molecule has 2 aromatic carbocycles. The highest BCUT2D eigenvalue weighted by Gasteiger charge is 2.11. The van der Waals surface area contributed by atoms with Gasteiger partial charge in [-0.15, -0.1) is 0 Å². The van der Waals surface area contributed by atoms with Crippen molar-refractivity contribution in [1.82, 2.24) is 5.32 Å². The van der Waals surface area contributed by atoms with Crippen molar-refractivity contribution < 1.29 is 13.5 Å². The van der Waals surface area contributed by atoms with E-state index >= 15 is 0 Å². The van der Waals surface area contributed by atoms with Crippen LogP contribution in [-0.2, 0) is 6.54 Å². The fraction of sp³-hybridized carbons (Fsp3) is 0.250. The Morgan fingerprint density at radius 1 is 1.10 bits per heavy atom. The average Bonchev–Trinajstić information content (AvgIpc) is 2.41. The lowest BCUT2D eigenvalue weighted by atomic mass is 10.1. The Kier molecular flexibility index (Phi) is 4.69. The van der Waals surface area contributed by atoms with Gasteiger partial charge in [-0.25, -0.2) is 8.78 Å². The molecule has 2 rings (SSSR count). The minimum atomic E-state index is -0.318. The molecule has 0 saturated heterocycles. The summed E-state index contributed by atoms with van der Waals surface area (Å²) in [6.45, 7) is 4.83. The minimum Gasteiger partial charge on any atom is -0.457 e. The molecular formula is C16H17F2NO. The van der Waals surface area contributed by atoms with Crippen LogP contribution in [0.2, 0.25) is 0 Å². The van der Waals surface area contributed by atoms with E-state index in [0.29, 0.717) is 29.2 Å². The van der Waals surface area contributed by atoms with Gasteiger partial charge in [0.2, 0.25) is 0 Å². The number of aryl methyl sites for hydroxylation is 1. The van der Waals surface area contributed by atoms with Crippen molar-refractivity contribution in [1.29, 1.82) is 0 Å². The SMILES string of the molecule is CCNCc1c(F)cccc1Oc1ccc(F)cc1C. The number of hydrogen-bond donors (Lipinski definition) is 1. The van der Waals surface area contributed by atoms with Crippen molar-refractivity contribution in [3.8, 4) is 11.5 Å². The number of nitrogens with one attached hydrogen (secondary N) is 1. The molecule has 0 fully saturated rings. The largest absolute Gasteiger partial charge is 0.457 e. The topological polar surface area (TPSA) is 21.3 Å². The second-order valence-electron chi connectivity index (χ2n) is 4.51. The molecule has 20 heavy (non-hydrogen) atoms. The molecule has 0 aliphatic rings. The molecule has 0 bridgehead atoms. The van der Waals surface area contributed by atoms with Crippen molar-refractivity contribution >= 4 is 0 Å². The Hall–Kier alpha value is -1.94. The molecule has 0 aromatic heterocycles. The lowest BCUT2D eigenvalue weighted by Gasteiger charge is -2.14. The summed E-state index contributed by atoms with van der Waals surface area (Å²) in [4.78, 5) is 0. The van der Waals surface area contributed by atoms with Gasteiger partial charge in [-0.2, -0.15) is 0 Å². The van der Waals surface area contributed by atoms with E-state index in [9.17, 15) is 8.78 Å². The first kappa shape index (κ1) is 14.5. The highest BCUT2D eigenvalue weighted by molar-refractivity contribution is 5.41. The molecule has 2 aromatic rings. The number of rotatable bonds is 5. The highest BCUT2D eigenvalue weighted by atomic mass is 19.1. The zero-order chi connectivity index (χ0) is 14.5. The predicted molar refractivity (Wildman–Crippen MR) is 75.0 cm³/mol. The second-order valence-corrected chi connectivity index (χ2v) is 4.51. The van der Waals surface area contributed by atoms with Gasteiger partial charge in [0.1, 0.15) is 23.1 Å². The third kappa shape index (κ3) is 3.33. The maximum atomic E-state index is 13.9. The van der Waals surface area contributed by atoms with Gasteiger partial charge in [-0.05, 0) is 49.4 Å². The van der Waals surface area contributed by atoms with Crippen molar-refractivity contribution in [2.24, 2.45) is 0 Å². The molecular weight excluding hydrogens is 260 g/mol. The monoisotopic (exact) mass is 277 g/mol. The van der Waals surface area contributed by atoms with E-state index in [2.05, 4.69) is 5.32 Å². The zero-order valence-corrected chi connectivity index (χ0v) is 11.5. The lowest BCUT2D eigenvalue weighted by Crippen LogP contribution is -2.13. The molecule has 0 aliphatic carbocycles. The van der Waals surface area contributed by atoms with Gasteiger partial charge in [0.05, 0.1) is 0 Å². The Morgan fingerprint density at radius 2 is 1.90 bits per heavy atom. The van der Waals surface area contributed by atoms with E-state index < -0.39 is 0 Å². The molecule has 2 nitrogen and oxygen atoms in total. The third-order valence-electron chi connectivity index (χ3n) is 2.98. The van der Waals surface area contributed by atoms with Crippen LogP contribution in [0, 0.1) is 18.6 Å².